The maximum Gasteiger partial charge on any atom is 0.255 e. The van der Waals surface area contributed by atoms with Crippen LogP contribution in [0.4, 0.5) is 26.3 Å². The molecule has 8 heteroatoms. The lowest BCUT2D eigenvalue weighted by Gasteiger charge is -2.22. The summed E-state index contributed by atoms with van der Waals surface area (Å²) >= 11 is 0. The maximum atomic E-state index is 13.7. The minimum Gasteiger partial charge on any atom is -0.424 e. The van der Waals surface area contributed by atoms with E-state index in [4.69, 9.17) is 0 Å². The number of benzene rings is 2. The Morgan fingerprint density at radius 1 is 0.667 bits per heavy atom. The lowest BCUT2D eigenvalue weighted by atomic mass is 10.3. The standard InChI is InChI=1S/C13H8F6OSi/c1-21(20,8-4-2-6(14)10(16)12(8)18)9-5-3-7(15)11(17)13(9)19/h2-5,20H,1H3. The molecule has 21 heavy (non-hydrogen) atoms. The Kier molecular flexibility index (Phi) is 3.85. The normalized spacial score (nSPS) is 11.8. The van der Waals surface area contributed by atoms with Gasteiger partial charge in [-0.1, -0.05) is 12.1 Å². The van der Waals surface area contributed by atoms with E-state index in [1.54, 1.807) is 0 Å². The Hall–Kier alpha value is -1.80. The molecule has 2 aromatic rings. The molecule has 0 amide bonds. The van der Waals surface area contributed by atoms with Gasteiger partial charge in [0.05, 0.1) is 0 Å². The van der Waals surface area contributed by atoms with E-state index in [1.165, 1.54) is 0 Å². The zero-order chi connectivity index (χ0) is 15.9. The van der Waals surface area contributed by atoms with Gasteiger partial charge in [-0.3, -0.25) is 0 Å². The van der Waals surface area contributed by atoms with Gasteiger partial charge in [-0.25, -0.2) is 26.3 Å². The van der Waals surface area contributed by atoms with E-state index in [9.17, 15) is 31.1 Å². The fourth-order valence-corrected chi connectivity index (χ4v) is 4.13. The number of hydrogen-bond donors (Lipinski definition) is 1. The fraction of sp³-hybridized carbons (Fsp3) is 0.0769. The van der Waals surface area contributed by atoms with E-state index in [0.717, 1.165) is 18.7 Å². The molecule has 0 saturated carbocycles. The van der Waals surface area contributed by atoms with E-state index < -0.39 is 53.6 Å². The second-order valence-corrected chi connectivity index (χ2v) is 7.74. The van der Waals surface area contributed by atoms with Gasteiger partial charge in [0.25, 0.3) is 8.32 Å². The molecule has 0 aliphatic heterocycles. The lowest BCUT2D eigenvalue weighted by molar-refractivity contribution is 0.445. The molecule has 0 heterocycles. The highest BCUT2D eigenvalue weighted by atomic mass is 28.4. The maximum absolute atomic E-state index is 13.7. The van der Waals surface area contributed by atoms with Crippen LogP contribution in [-0.2, 0) is 0 Å². The molecule has 0 aliphatic rings. The van der Waals surface area contributed by atoms with Crippen molar-refractivity contribution in [3.63, 3.8) is 0 Å². The molecule has 0 fully saturated rings. The molecule has 112 valence electrons. The van der Waals surface area contributed by atoms with Gasteiger partial charge >= 0.3 is 0 Å². The van der Waals surface area contributed by atoms with Gasteiger partial charge in [-0.05, 0) is 18.7 Å². The minimum absolute atomic E-state index is 0.563. The van der Waals surface area contributed by atoms with E-state index in [-0.39, 0.29) is 0 Å². The number of halogens is 6. The fourth-order valence-electron chi connectivity index (χ4n) is 1.95. The molecule has 2 aromatic carbocycles. The molecule has 0 radical (unpaired) electrons. The Labute approximate surface area is 116 Å². The average molecular weight is 322 g/mol. The van der Waals surface area contributed by atoms with Crippen LogP contribution in [0, 0.1) is 34.9 Å². The first kappa shape index (κ1) is 15.6. The zero-order valence-electron chi connectivity index (χ0n) is 10.5. The highest BCUT2D eigenvalue weighted by Crippen LogP contribution is 2.15. The van der Waals surface area contributed by atoms with Gasteiger partial charge in [0.15, 0.2) is 34.9 Å². The zero-order valence-corrected chi connectivity index (χ0v) is 11.5. The van der Waals surface area contributed by atoms with Gasteiger partial charge < -0.3 is 4.80 Å². The van der Waals surface area contributed by atoms with Crippen LogP contribution in [0.2, 0.25) is 6.55 Å². The van der Waals surface area contributed by atoms with Gasteiger partial charge in [0.2, 0.25) is 0 Å². The molecule has 1 nitrogen and oxygen atoms in total. The van der Waals surface area contributed by atoms with E-state index in [2.05, 4.69) is 0 Å². The predicted molar refractivity (Wildman–Crippen MR) is 65.7 cm³/mol. The first-order chi connectivity index (χ1) is 9.67. The van der Waals surface area contributed by atoms with Gasteiger partial charge in [0, 0.05) is 10.4 Å². The van der Waals surface area contributed by atoms with E-state index in [1.807, 2.05) is 0 Å². The third kappa shape index (κ3) is 2.44. The van der Waals surface area contributed by atoms with Crippen molar-refractivity contribution < 1.29 is 31.1 Å². The first-order valence-corrected chi connectivity index (χ1v) is 8.13. The summed E-state index contributed by atoms with van der Waals surface area (Å²) in [4.78, 5) is 10.3. The van der Waals surface area contributed by atoms with Crippen molar-refractivity contribution in [1.29, 1.82) is 0 Å². The SMILES string of the molecule is C[Si](O)(c1ccc(F)c(F)c1F)c1ccc(F)c(F)c1F. The molecule has 0 spiro atoms. The largest absolute Gasteiger partial charge is 0.424 e. The first-order valence-electron chi connectivity index (χ1n) is 5.68. The molecular formula is C13H8F6OSi. The van der Waals surface area contributed by atoms with Crippen molar-refractivity contribution in [3.05, 3.63) is 59.2 Å². The summed E-state index contributed by atoms with van der Waals surface area (Å²) in [7, 11) is -4.22. The Morgan fingerprint density at radius 3 is 1.33 bits per heavy atom. The molecule has 0 aliphatic carbocycles. The second-order valence-electron chi connectivity index (χ2n) is 4.52. The van der Waals surface area contributed by atoms with Crippen LogP contribution >= 0.6 is 0 Å². The average Bonchev–Trinajstić information content (AvgIpc) is 2.41. The number of hydrogen-bond acceptors (Lipinski definition) is 1. The number of rotatable bonds is 2. The summed E-state index contributed by atoms with van der Waals surface area (Å²) in [6.07, 6.45) is 0. The summed E-state index contributed by atoms with van der Waals surface area (Å²) in [6, 6.07) is 2.63. The molecular weight excluding hydrogens is 314 g/mol. The quantitative estimate of drug-likeness (QED) is 0.511. The van der Waals surface area contributed by atoms with Gasteiger partial charge in [0.1, 0.15) is 0 Å². The van der Waals surface area contributed by atoms with Crippen molar-refractivity contribution in [2.24, 2.45) is 0 Å². The van der Waals surface area contributed by atoms with Crippen molar-refractivity contribution in [2.75, 3.05) is 0 Å². The minimum atomic E-state index is -4.22. The highest BCUT2D eigenvalue weighted by molar-refractivity contribution is 6.95. The van der Waals surface area contributed by atoms with Crippen LogP contribution in [0.3, 0.4) is 0 Å². The van der Waals surface area contributed by atoms with Gasteiger partial charge in [-0.2, -0.15) is 0 Å². The van der Waals surface area contributed by atoms with Crippen LogP contribution in [0.1, 0.15) is 0 Å². The van der Waals surface area contributed by atoms with Crippen LogP contribution in [0.25, 0.3) is 0 Å². The van der Waals surface area contributed by atoms with E-state index in [0.29, 0.717) is 12.1 Å². The molecule has 1 N–H and O–H groups in total. The Morgan fingerprint density at radius 2 is 1.00 bits per heavy atom. The monoisotopic (exact) mass is 322 g/mol. The third-order valence-corrected chi connectivity index (χ3v) is 5.99. The van der Waals surface area contributed by atoms with Crippen LogP contribution in [0.5, 0.6) is 0 Å². The molecule has 0 bridgehead atoms. The van der Waals surface area contributed by atoms with Crippen LogP contribution in [-0.4, -0.2) is 13.1 Å². The Bertz CT molecular complexity index is 657. The predicted octanol–water partition coefficient (Wildman–Crippen LogP) is 2.20. The van der Waals surface area contributed by atoms with Crippen molar-refractivity contribution in [3.8, 4) is 0 Å². The molecule has 2 rings (SSSR count). The highest BCUT2D eigenvalue weighted by Gasteiger charge is 2.38. The summed E-state index contributed by atoms with van der Waals surface area (Å²) in [6.45, 7) is 0.985. The third-order valence-electron chi connectivity index (χ3n) is 3.12. The smallest absolute Gasteiger partial charge is 0.255 e. The summed E-state index contributed by atoms with van der Waals surface area (Å²) in [5.74, 6) is -9.99. The molecule has 0 atom stereocenters. The molecule has 0 aromatic heterocycles. The van der Waals surface area contributed by atoms with Crippen LogP contribution < -0.4 is 10.4 Å². The molecule has 0 unspecified atom stereocenters. The van der Waals surface area contributed by atoms with Crippen LogP contribution in [0.15, 0.2) is 24.3 Å². The summed E-state index contributed by atoms with van der Waals surface area (Å²) < 4.78 is 79.6. The molecule has 0 saturated heterocycles. The summed E-state index contributed by atoms with van der Waals surface area (Å²) in [5, 5.41) is -1.35. The van der Waals surface area contributed by atoms with Gasteiger partial charge in [-0.15, -0.1) is 0 Å². The topological polar surface area (TPSA) is 20.2 Å². The summed E-state index contributed by atoms with van der Waals surface area (Å²) in [5.41, 5.74) is 0. The van der Waals surface area contributed by atoms with Crippen molar-refractivity contribution in [1.82, 2.24) is 0 Å². The Balaban J connectivity index is 2.68. The lowest BCUT2D eigenvalue weighted by Crippen LogP contribution is -2.59. The van der Waals surface area contributed by atoms with Crippen molar-refractivity contribution >= 4 is 18.7 Å². The second kappa shape index (κ2) is 5.19. The van der Waals surface area contributed by atoms with Crippen molar-refractivity contribution in [2.45, 2.75) is 6.55 Å². The van der Waals surface area contributed by atoms with E-state index >= 15 is 0 Å².